The second-order valence-electron chi connectivity index (χ2n) is 5.69. The Balaban J connectivity index is 1.66. The fourth-order valence-electron chi connectivity index (χ4n) is 3.59. The first-order valence-electron chi connectivity index (χ1n) is 7.23. The van der Waals surface area contributed by atoms with Gasteiger partial charge in [0.1, 0.15) is 0 Å². The van der Waals surface area contributed by atoms with Crippen LogP contribution >= 0.6 is 0 Å². The number of rotatable bonds is 4. The van der Waals surface area contributed by atoms with Gasteiger partial charge < -0.3 is 4.74 Å². The number of hydrogen-bond acceptors (Lipinski definition) is 4. The monoisotopic (exact) mass is 261 g/mol. The zero-order valence-corrected chi connectivity index (χ0v) is 11.9. The molecule has 2 fully saturated rings. The van der Waals surface area contributed by atoms with Gasteiger partial charge in [0.05, 0.1) is 7.11 Å². The summed E-state index contributed by atoms with van der Waals surface area (Å²) >= 11 is 0. The molecule has 2 saturated heterocycles. The minimum atomic E-state index is 0.476. The summed E-state index contributed by atoms with van der Waals surface area (Å²) in [6.07, 6.45) is 4.46. The van der Waals surface area contributed by atoms with Gasteiger partial charge in [-0.25, -0.2) is 4.98 Å². The number of methoxy groups -OCH3 is 1. The van der Waals surface area contributed by atoms with Gasteiger partial charge >= 0.3 is 0 Å². The molecule has 0 radical (unpaired) electrons. The molecule has 19 heavy (non-hydrogen) atoms. The molecule has 1 aromatic rings. The van der Waals surface area contributed by atoms with Gasteiger partial charge in [-0.3, -0.25) is 9.80 Å². The Hall–Kier alpha value is -1.13. The molecular formula is C15H23N3O. The normalized spacial score (nSPS) is 27.7. The molecule has 4 nitrogen and oxygen atoms in total. The van der Waals surface area contributed by atoms with Crippen LogP contribution in [-0.2, 0) is 6.54 Å². The maximum absolute atomic E-state index is 5.34. The van der Waals surface area contributed by atoms with Gasteiger partial charge in [0.2, 0.25) is 5.88 Å². The minimum Gasteiger partial charge on any atom is -0.481 e. The second kappa shape index (κ2) is 5.10. The lowest BCUT2D eigenvalue weighted by Gasteiger charge is -2.50. The number of hydrogen-bond donors (Lipinski definition) is 0. The molecular weight excluding hydrogens is 238 g/mol. The number of pyridine rings is 1. The summed E-state index contributed by atoms with van der Waals surface area (Å²) in [5.74, 6) is 0.768. The van der Waals surface area contributed by atoms with Crippen LogP contribution < -0.4 is 4.74 Å². The average molecular weight is 261 g/mol. The zero-order chi connectivity index (χ0) is 13.3. The van der Waals surface area contributed by atoms with Crippen molar-refractivity contribution in [1.29, 1.82) is 0 Å². The molecule has 0 amide bonds. The third kappa shape index (κ3) is 2.23. The summed E-state index contributed by atoms with van der Waals surface area (Å²) in [4.78, 5) is 9.46. The van der Waals surface area contributed by atoms with E-state index in [9.17, 15) is 0 Å². The van der Waals surface area contributed by atoms with Crippen molar-refractivity contribution < 1.29 is 4.74 Å². The van der Waals surface area contributed by atoms with Gasteiger partial charge in [0, 0.05) is 43.5 Å². The third-order valence-electron chi connectivity index (χ3n) is 4.75. The van der Waals surface area contributed by atoms with Crippen LogP contribution in [0.25, 0.3) is 0 Å². The van der Waals surface area contributed by atoms with E-state index < -0.39 is 0 Å². The Kier molecular flexibility index (Phi) is 3.46. The van der Waals surface area contributed by atoms with Crippen LogP contribution in [0.2, 0.25) is 0 Å². The van der Waals surface area contributed by atoms with Gasteiger partial charge in [-0.1, -0.05) is 13.0 Å². The highest BCUT2D eigenvalue weighted by atomic mass is 16.5. The molecule has 0 aromatic carbocycles. The topological polar surface area (TPSA) is 28.6 Å². The lowest BCUT2D eigenvalue weighted by Crippen LogP contribution is -2.60. The number of aromatic nitrogens is 1. The van der Waals surface area contributed by atoms with E-state index in [-0.39, 0.29) is 0 Å². The third-order valence-corrected chi connectivity index (χ3v) is 4.75. The van der Waals surface area contributed by atoms with Crippen molar-refractivity contribution >= 4 is 0 Å². The van der Waals surface area contributed by atoms with Crippen molar-refractivity contribution in [2.45, 2.75) is 31.8 Å². The van der Waals surface area contributed by atoms with E-state index in [1.807, 2.05) is 6.07 Å². The molecule has 1 aromatic heterocycles. The molecule has 104 valence electrons. The van der Waals surface area contributed by atoms with Crippen LogP contribution in [0.5, 0.6) is 5.88 Å². The van der Waals surface area contributed by atoms with E-state index in [0.29, 0.717) is 5.54 Å². The second-order valence-corrected chi connectivity index (χ2v) is 5.69. The van der Waals surface area contributed by atoms with Gasteiger partial charge in [0.15, 0.2) is 0 Å². The van der Waals surface area contributed by atoms with Crippen molar-refractivity contribution in [1.82, 2.24) is 14.8 Å². The maximum Gasteiger partial charge on any atom is 0.217 e. The lowest BCUT2D eigenvalue weighted by molar-refractivity contribution is -0.00196. The molecule has 2 aliphatic rings. The molecule has 0 aliphatic carbocycles. The standard InChI is InChI=1S/C15H23N3O/c1-3-18-10-7-15(18)6-9-17(12-15)11-13-5-4-8-16-14(13)19-2/h4-5,8H,3,6-7,9-12H2,1-2H3/t15-/m1/s1. The molecule has 1 atom stereocenters. The summed E-state index contributed by atoms with van der Waals surface area (Å²) in [5.41, 5.74) is 1.67. The van der Waals surface area contributed by atoms with Gasteiger partial charge in [-0.2, -0.15) is 0 Å². The smallest absolute Gasteiger partial charge is 0.217 e. The van der Waals surface area contributed by atoms with E-state index >= 15 is 0 Å². The molecule has 0 saturated carbocycles. The predicted octanol–water partition coefficient (Wildman–Crippen LogP) is 1.76. The maximum atomic E-state index is 5.34. The highest BCUT2D eigenvalue weighted by Crippen LogP contribution is 2.39. The minimum absolute atomic E-state index is 0.476. The van der Waals surface area contributed by atoms with E-state index in [1.54, 1.807) is 13.3 Å². The lowest BCUT2D eigenvalue weighted by atomic mass is 9.84. The first kappa shape index (κ1) is 12.9. The van der Waals surface area contributed by atoms with Crippen LogP contribution in [0.15, 0.2) is 18.3 Å². The summed E-state index contributed by atoms with van der Waals surface area (Å²) < 4.78 is 5.34. The largest absolute Gasteiger partial charge is 0.481 e. The first-order valence-corrected chi connectivity index (χ1v) is 7.23. The Morgan fingerprint density at radius 3 is 2.89 bits per heavy atom. The van der Waals surface area contributed by atoms with E-state index in [4.69, 9.17) is 4.74 Å². The van der Waals surface area contributed by atoms with Crippen molar-refractivity contribution in [3.05, 3.63) is 23.9 Å². The molecule has 1 spiro atoms. The van der Waals surface area contributed by atoms with Crippen LogP contribution in [0.3, 0.4) is 0 Å². The molecule has 0 unspecified atom stereocenters. The van der Waals surface area contributed by atoms with Crippen LogP contribution in [0.4, 0.5) is 0 Å². The molecule has 2 aliphatic heterocycles. The van der Waals surface area contributed by atoms with E-state index in [2.05, 4.69) is 27.8 Å². The fraction of sp³-hybridized carbons (Fsp3) is 0.667. The van der Waals surface area contributed by atoms with Crippen LogP contribution in [0.1, 0.15) is 25.3 Å². The summed E-state index contributed by atoms with van der Waals surface area (Å²) in [6.45, 7) is 8.07. The Morgan fingerprint density at radius 1 is 1.37 bits per heavy atom. The number of ether oxygens (including phenoxy) is 1. The molecule has 0 N–H and O–H groups in total. The van der Waals surface area contributed by atoms with Gasteiger partial charge in [-0.15, -0.1) is 0 Å². The first-order chi connectivity index (χ1) is 9.27. The Morgan fingerprint density at radius 2 is 2.21 bits per heavy atom. The predicted molar refractivity (Wildman–Crippen MR) is 75.3 cm³/mol. The van der Waals surface area contributed by atoms with Crippen LogP contribution in [0, 0.1) is 0 Å². The SMILES string of the molecule is CCN1CC[C@@]12CCN(Cc1cccnc1OC)C2. The summed E-state index contributed by atoms with van der Waals surface area (Å²) in [7, 11) is 1.70. The summed E-state index contributed by atoms with van der Waals surface area (Å²) in [6, 6.07) is 4.11. The number of likely N-dealkylation sites (tertiary alicyclic amines) is 2. The molecule has 0 bridgehead atoms. The highest BCUT2D eigenvalue weighted by molar-refractivity contribution is 5.25. The van der Waals surface area contributed by atoms with Crippen molar-refractivity contribution in [2.75, 3.05) is 33.3 Å². The number of likely N-dealkylation sites (N-methyl/N-ethyl adjacent to an activating group) is 1. The molecule has 4 heteroatoms. The van der Waals surface area contributed by atoms with Crippen LogP contribution in [-0.4, -0.2) is 53.6 Å². The Bertz CT molecular complexity index is 449. The van der Waals surface area contributed by atoms with Gasteiger partial charge in [-0.05, 0) is 25.5 Å². The quantitative estimate of drug-likeness (QED) is 0.826. The van der Waals surface area contributed by atoms with E-state index in [1.165, 1.54) is 44.6 Å². The fourth-order valence-corrected chi connectivity index (χ4v) is 3.59. The molecule has 3 heterocycles. The summed E-state index contributed by atoms with van der Waals surface area (Å²) in [5, 5.41) is 0. The average Bonchev–Trinajstić information content (AvgIpc) is 2.85. The Labute approximate surface area is 115 Å². The van der Waals surface area contributed by atoms with Gasteiger partial charge in [0.25, 0.3) is 0 Å². The van der Waals surface area contributed by atoms with Crippen molar-refractivity contribution in [3.63, 3.8) is 0 Å². The van der Waals surface area contributed by atoms with Crippen molar-refractivity contribution in [2.24, 2.45) is 0 Å². The van der Waals surface area contributed by atoms with Crippen molar-refractivity contribution in [3.8, 4) is 5.88 Å². The highest BCUT2D eigenvalue weighted by Gasteiger charge is 2.48. The zero-order valence-electron chi connectivity index (χ0n) is 11.9. The van der Waals surface area contributed by atoms with E-state index in [0.717, 1.165) is 12.4 Å². The number of nitrogens with zero attached hydrogens (tertiary/aromatic N) is 3. The molecule has 3 rings (SSSR count).